The predicted molar refractivity (Wildman–Crippen MR) is 55.3 cm³/mol. The van der Waals surface area contributed by atoms with Crippen molar-refractivity contribution in [1.82, 2.24) is 0 Å². The van der Waals surface area contributed by atoms with Crippen molar-refractivity contribution in [3.05, 3.63) is 0 Å². The zero-order valence-corrected chi connectivity index (χ0v) is 12.8. The first kappa shape index (κ1) is 21.5. The molecule has 22 heavy (non-hydrogen) atoms. The maximum Gasteiger partial charge on any atom is 0.483 e. The molecule has 0 aliphatic carbocycles. The van der Waals surface area contributed by atoms with Crippen molar-refractivity contribution in [2.24, 2.45) is 0 Å². The van der Waals surface area contributed by atoms with E-state index in [1.807, 2.05) is 0 Å². The second-order valence-corrected chi connectivity index (χ2v) is 11.1. The number of alkyl halides is 9. The summed E-state index contributed by atoms with van der Waals surface area (Å²) in [4.78, 5) is 0. The van der Waals surface area contributed by atoms with Crippen LogP contribution in [-0.2, 0) is 18.7 Å². The second-order valence-electron chi connectivity index (χ2n) is 4.80. The highest BCUT2D eigenvalue weighted by atomic mass is 32.2. The smallest absolute Gasteiger partial charge is 0.311 e. The van der Waals surface area contributed by atoms with Gasteiger partial charge in [0.2, 0.25) is 8.32 Å². The van der Waals surface area contributed by atoms with Crippen LogP contribution in [0.4, 0.5) is 39.5 Å². The van der Waals surface area contributed by atoms with E-state index in [1.165, 1.54) is 0 Å². The monoisotopic (exact) mass is 388 g/mol. The van der Waals surface area contributed by atoms with Crippen molar-refractivity contribution in [2.45, 2.75) is 43.3 Å². The molecule has 0 fully saturated rings. The molecule has 0 N–H and O–H groups in total. The molecular weight excluding hydrogens is 379 g/mol. The molecule has 0 amide bonds. The van der Waals surface area contributed by atoms with E-state index < -0.39 is 42.1 Å². The van der Waals surface area contributed by atoms with Gasteiger partial charge in [0, 0.05) is 0 Å². The van der Waals surface area contributed by atoms with Crippen LogP contribution < -0.4 is 0 Å². The third-order valence-electron chi connectivity index (χ3n) is 1.60. The van der Waals surface area contributed by atoms with Gasteiger partial charge in [-0.25, -0.2) is 4.74 Å². The van der Waals surface area contributed by atoms with Crippen molar-refractivity contribution < 1.29 is 56.5 Å². The largest absolute Gasteiger partial charge is 0.483 e. The number of ether oxygens (including phenoxy) is 1. The lowest BCUT2D eigenvalue weighted by Crippen LogP contribution is -2.56. The molecule has 0 aliphatic heterocycles. The molecule has 4 nitrogen and oxygen atoms in total. The van der Waals surface area contributed by atoms with Gasteiger partial charge >= 0.3 is 33.8 Å². The quantitative estimate of drug-likeness (QED) is 0.516. The van der Waals surface area contributed by atoms with Crippen molar-refractivity contribution in [3.8, 4) is 0 Å². The highest BCUT2D eigenvalue weighted by Crippen LogP contribution is 2.47. The Morgan fingerprint density at radius 1 is 0.773 bits per heavy atom. The summed E-state index contributed by atoms with van der Waals surface area (Å²) < 4.78 is 139. The Morgan fingerprint density at radius 3 is 1.41 bits per heavy atom. The average Bonchev–Trinajstić information content (AvgIpc) is 2.08. The summed E-state index contributed by atoms with van der Waals surface area (Å²) in [6.45, 7) is 2.89. The zero-order chi connectivity index (χ0) is 18.4. The van der Waals surface area contributed by atoms with Crippen LogP contribution in [0.1, 0.15) is 0 Å². The van der Waals surface area contributed by atoms with Gasteiger partial charge in [0.15, 0.2) is 0 Å². The summed E-state index contributed by atoms with van der Waals surface area (Å²) >= 11 is 0. The molecule has 0 aliphatic rings. The zero-order valence-electron chi connectivity index (χ0n) is 10.9. The van der Waals surface area contributed by atoms with Crippen LogP contribution in [0.2, 0.25) is 19.6 Å². The van der Waals surface area contributed by atoms with Gasteiger partial charge < -0.3 is 3.87 Å². The second kappa shape index (κ2) is 5.52. The van der Waals surface area contributed by atoms with Gasteiger partial charge in [0.05, 0.1) is 0 Å². The van der Waals surface area contributed by atoms with Crippen LogP contribution in [0.25, 0.3) is 0 Å². The van der Waals surface area contributed by atoms with Gasteiger partial charge in [-0.1, -0.05) is 0 Å². The minimum atomic E-state index is -6.77. The van der Waals surface area contributed by atoms with Crippen molar-refractivity contribution in [2.75, 3.05) is 0 Å². The Morgan fingerprint density at radius 2 is 1.14 bits per heavy atom. The predicted octanol–water partition coefficient (Wildman–Crippen LogP) is 3.53. The number of rotatable bonds is 6. The molecule has 0 atom stereocenters. The van der Waals surface area contributed by atoms with Gasteiger partial charge in [0.1, 0.15) is 0 Å². The lowest BCUT2D eigenvalue weighted by atomic mass is 10.5. The first-order valence-electron chi connectivity index (χ1n) is 5.02. The molecule has 0 bridgehead atoms. The summed E-state index contributed by atoms with van der Waals surface area (Å²) in [6.07, 6.45) is -20.2. The van der Waals surface area contributed by atoms with Crippen molar-refractivity contribution >= 4 is 18.4 Å². The fraction of sp³-hybridized carbons (Fsp3) is 1.00. The lowest BCUT2D eigenvalue weighted by Gasteiger charge is -2.30. The van der Waals surface area contributed by atoms with Gasteiger partial charge in [-0.05, 0) is 19.6 Å². The highest BCUT2D eigenvalue weighted by molar-refractivity contribution is 7.88. The molecule has 0 rings (SSSR count). The van der Waals surface area contributed by atoms with E-state index in [4.69, 9.17) is 0 Å². The maximum atomic E-state index is 13.2. The Balaban J connectivity index is 5.69. The van der Waals surface area contributed by atoms with E-state index in [0.29, 0.717) is 0 Å². The molecule has 0 aromatic rings. The number of hydrogen-bond donors (Lipinski definition) is 0. The Labute approximate surface area is 119 Å². The Hall–Kier alpha value is -0.543. The molecule has 0 radical (unpaired) electrons. The van der Waals surface area contributed by atoms with Crippen molar-refractivity contribution in [3.63, 3.8) is 0 Å². The molecule has 0 saturated heterocycles. The summed E-state index contributed by atoms with van der Waals surface area (Å²) in [7, 11) is -9.98. The minimum Gasteiger partial charge on any atom is -0.311 e. The van der Waals surface area contributed by atoms with Crippen LogP contribution in [0, 0.1) is 0 Å². The Bertz CT molecular complexity index is 507. The fourth-order valence-corrected chi connectivity index (χ4v) is 4.19. The minimum absolute atomic E-state index is 0.962. The van der Waals surface area contributed by atoms with Crippen LogP contribution in [-0.4, -0.2) is 40.4 Å². The topological polar surface area (TPSA) is 52.6 Å². The van der Waals surface area contributed by atoms with Gasteiger partial charge in [0.25, 0.3) is 0 Å². The molecule has 0 saturated carbocycles. The van der Waals surface area contributed by atoms with Crippen LogP contribution in [0.5, 0.6) is 0 Å². The first-order valence-corrected chi connectivity index (χ1v) is 9.83. The van der Waals surface area contributed by atoms with E-state index in [0.717, 1.165) is 19.6 Å². The first-order chi connectivity index (χ1) is 9.16. The van der Waals surface area contributed by atoms with E-state index in [2.05, 4.69) is 3.87 Å². The lowest BCUT2D eigenvalue weighted by molar-refractivity contribution is -0.476. The third-order valence-corrected chi connectivity index (χ3v) is 5.34. The van der Waals surface area contributed by atoms with E-state index in [9.17, 15) is 47.9 Å². The molecule has 134 valence electrons. The van der Waals surface area contributed by atoms with E-state index in [1.54, 1.807) is 4.74 Å². The van der Waals surface area contributed by atoms with Crippen LogP contribution in [0.3, 0.4) is 0 Å². The summed E-state index contributed by atoms with van der Waals surface area (Å²) in [6, 6.07) is 0. The molecule has 15 heteroatoms. The summed E-state index contributed by atoms with van der Waals surface area (Å²) in [5, 5.41) is -6.48. The normalized spacial score (nSPS) is 16.0. The Kier molecular flexibility index (Phi) is 5.38. The summed E-state index contributed by atoms with van der Waals surface area (Å²) in [5.41, 5.74) is 0. The highest BCUT2D eigenvalue weighted by Gasteiger charge is 2.75. The molecular formula is C7H9F9O4SSi. The average molecular weight is 388 g/mol. The molecule has 0 heterocycles. The van der Waals surface area contributed by atoms with Crippen LogP contribution in [0.15, 0.2) is 0 Å². The number of hydrogen-bond acceptors (Lipinski definition) is 4. The summed E-state index contributed by atoms with van der Waals surface area (Å²) in [5.74, 6) is 0. The fourth-order valence-electron chi connectivity index (χ4n) is 0.805. The molecule has 0 spiro atoms. The maximum absolute atomic E-state index is 13.2. The van der Waals surface area contributed by atoms with Gasteiger partial charge in [-0.2, -0.15) is 47.9 Å². The number of halogens is 9. The van der Waals surface area contributed by atoms with E-state index >= 15 is 0 Å². The van der Waals surface area contributed by atoms with Crippen LogP contribution >= 0.6 is 0 Å². The molecule has 0 aromatic carbocycles. The van der Waals surface area contributed by atoms with Crippen molar-refractivity contribution in [1.29, 1.82) is 0 Å². The molecule has 0 aromatic heterocycles. The SMILES string of the molecule is C[Si](C)(C)OS(=O)(=O)C(F)(F)C(F)(F)OC(F)(F)C(F)(F)F. The third kappa shape index (κ3) is 4.48. The van der Waals surface area contributed by atoms with Gasteiger partial charge in [-0.15, -0.1) is 0 Å². The van der Waals surface area contributed by atoms with Gasteiger partial charge in [-0.3, -0.25) is 0 Å². The standard InChI is InChI=1S/C7H9F9O4SSi/c1-22(2,3)20-21(17,18)7(15,16)6(13,14)19-5(11,12)4(8,9)10/h1-3H3. The van der Waals surface area contributed by atoms with E-state index in [-0.39, 0.29) is 0 Å². The molecule has 0 unspecified atom stereocenters.